The van der Waals surface area contributed by atoms with Crippen LogP contribution in [-0.4, -0.2) is 50.8 Å². The molecule has 0 radical (unpaired) electrons. The second-order valence-electron chi connectivity index (χ2n) is 6.53. The summed E-state index contributed by atoms with van der Waals surface area (Å²) in [6, 6.07) is 11.4. The Hall–Kier alpha value is -3.26. The zero-order valence-corrected chi connectivity index (χ0v) is 17.7. The van der Waals surface area contributed by atoms with Crippen molar-refractivity contribution in [3.05, 3.63) is 53.1 Å². The van der Waals surface area contributed by atoms with E-state index in [0.717, 1.165) is 0 Å². The summed E-state index contributed by atoms with van der Waals surface area (Å²) >= 11 is 6.20. The molecule has 2 aromatic rings. The number of carbonyl (C=O) groups is 3. The molecule has 1 amide bonds. The number of rotatable bonds is 7. The molecule has 0 bridgehead atoms. The molecule has 0 spiro atoms. The highest BCUT2D eigenvalue weighted by Gasteiger charge is 2.23. The standard InChI is InChI=1S/C22H22ClNO7/c1-2-28-20(26)13-24(16-7-4-3-5-8-16)19(25)14-31-22(27)15-11-17(23)21-18(12-15)29-9-6-10-30-21/h3-5,7-8,11-12H,2,6,9-10,13-14H2,1H3. The smallest absolute Gasteiger partial charge is 0.338 e. The van der Waals surface area contributed by atoms with Crippen LogP contribution in [0.2, 0.25) is 5.02 Å². The van der Waals surface area contributed by atoms with Crippen LogP contribution < -0.4 is 14.4 Å². The highest BCUT2D eigenvalue weighted by Crippen LogP contribution is 2.38. The van der Waals surface area contributed by atoms with Crippen molar-refractivity contribution in [2.75, 3.05) is 37.9 Å². The summed E-state index contributed by atoms with van der Waals surface area (Å²) in [6.45, 7) is 1.88. The summed E-state index contributed by atoms with van der Waals surface area (Å²) in [6.07, 6.45) is 0.690. The topological polar surface area (TPSA) is 91.4 Å². The van der Waals surface area contributed by atoms with Gasteiger partial charge in [-0.1, -0.05) is 29.8 Å². The number of hydrogen-bond donors (Lipinski definition) is 0. The van der Waals surface area contributed by atoms with Gasteiger partial charge in [0.2, 0.25) is 0 Å². The van der Waals surface area contributed by atoms with E-state index < -0.39 is 24.5 Å². The third-order valence-electron chi connectivity index (χ3n) is 4.33. The molecule has 0 N–H and O–H groups in total. The number of carbonyl (C=O) groups excluding carboxylic acids is 3. The van der Waals surface area contributed by atoms with Crippen LogP contribution in [0.25, 0.3) is 0 Å². The van der Waals surface area contributed by atoms with Crippen LogP contribution in [-0.2, 0) is 19.1 Å². The summed E-state index contributed by atoms with van der Waals surface area (Å²) in [5, 5.41) is 0.214. The summed E-state index contributed by atoms with van der Waals surface area (Å²) in [4.78, 5) is 38.4. The van der Waals surface area contributed by atoms with E-state index in [2.05, 4.69) is 0 Å². The minimum atomic E-state index is -0.755. The molecular formula is C22H22ClNO7. The Kier molecular flexibility index (Phi) is 7.72. The van der Waals surface area contributed by atoms with Crippen molar-refractivity contribution in [1.29, 1.82) is 0 Å². The van der Waals surface area contributed by atoms with E-state index in [0.29, 0.717) is 36.8 Å². The second kappa shape index (κ2) is 10.7. The van der Waals surface area contributed by atoms with Gasteiger partial charge in [-0.2, -0.15) is 0 Å². The molecule has 3 rings (SSSR count). The molecule has 164 valence electrons. The third kappa shape index (κ3) is 5.88. The molecule has 8 nitrogen and oxygen atoms in total. The summed E-state index contributed by atoms with van der Waals surface area (Å²) in [5.74, 6) is -1.18. The van der Waals surface area contributed by atoms with E-state index in [1.165, 1.54) is 17.0 Å². The molecule has 2 aromatic carbocycles. The SMILES string of the molecule is CCOC(=O)CN(C(=O)COC(=O)c1cc(Cl)c2c(c1)OCCCO2)c1ccccc1. The Labute approximate surface area is 184 Å². The van der Waals surface area contributed by atoms with Crippen molar-refractivity contribution in [2.24, 2.45) is 0 Å². The van der Waals surface area contributed by atoms with Crippen molar-refractivity contribution in [1.82, 2.24) is 0 Å². The van der Waals surface area contributed by atoms with Gasteiger partial charge in [0.05, 0.1) is 30.4 Å². The van der Waals surface area contributed by atoms with E-state index in [4.69, 9.17) is 30.5 Å². The quantitative estimate of drug-likeness (QED) is 0.601. The molecule has 9 heteroatoms. The minimum Gasteiger partial charge on any atom is -0.489 e. The summed E-state index contributed by atoms with van der Waals surface area (Å²) < 4.78 is 21.2. The fraction of sp³-hybridized carbons (Fsp3) is 0.318. The van der Waals surface area contributed by atoms with E-state index in [-0.39, 0.29) is 23.7 Å². The first-order valence-electron chi connectivity index (χ1n) is 9.77. The number of fused-ring (bicyclic) bond motifs is 1. The molecule has 31 heavy (non-hydrogen) atoms. The van der Waals surface area contributed by atoms with E-state index >= 15 is 0 Å². The maximum absolute atomic E-state index is 12.7. The van der Waals surface area contributed by atoms with Crippen molar-refractivity contribution < 1.29 is 33.3 Å². The van der Waals surface area contributed by atoms with Crippen LogP contribution in [0, 0.1) is 0 Å². The highest BCUT2D eigenvalue weighted by molar-refractivity contribution is 6.32. The van der Waals surface area contributed by atoms with Crippen molar-refractivity contribution in [3.63, 3.8) is 0 Å². The normalized spacial score (nSPS) is 12.5. The van der Waals surface area contributed by atoms with E-state index in [1.807, 2.05) is 0 Å². The van der Waals surface area contributed by atoms with E-state index in [1.54, 1.807) is 37.3 Å². The molecule has 0 saturated heterocycles. The van der Waals surface area contributed by atoms with Gasteiger partial charge in [-0.3, -0.25) is 14.5 Å². The van der Waals surface area contributed by atoms with Gasteiger partial charge in [-0.05, 0) is 31.2 Å². The lowest BCUT2D eigenvalue weighted by Gasteiger charge is -2.21. The first kappa shape index (κ1) is 22.4. The first-order chi connectivity index (χ1) is 15.0. The fourth-order valence-corrected chi connectivity index (χ4v) is 3.17. The Morgan fingerprint density at radius 2 is 1.81 bits per heavy atom. The van der Waals surface area contributed by atoms with Crippen LogP contribution in [0.4, 0.5) is 5.69 Å². The minimum absolute atomic E-state index is 0.124. The fourth-order valence-electron chi connectivity index (χ4n) is 2.90. The highest BCUT2D eigenvalue weighted by atomic mass is 35.5. The van der Waals surface area contributed by atoms with Gasteiger partial charge in [0.1, 0.15) is 6.54 Å². The maximum atomic E-state index is 12.7. The molecule has 0 fully saturated rings. The van der Waals surface area contributed by atoms with Crippen LogP contribution in [0.15, 0.2) is 42.5 Å². The molecule has 1 aliphatic rings. The summed E-state index contributed by atoms with van der Waals surface area (Å²) in [7, 11) is 0. The van der Waals surface area contributed by atoms with Crippen molar-refractivity contribution in [3.8, 4) is 11.5 Å². The van der Waals surface area contributed by atoms with Crippen LogP contribution >= 0.6 is 11.6 Å². The largest absolute Gasteiger partial charge is 0.489 e. The molecule has 0 unspecified atom stereocenters. The maximum Gasteiger partial charge on any atom is 0.338 e. The average Bonchev–Trinajstić information content (AvgIpc) is 3.02. The molecule has 0 aromatic heterocycles. The number of esters is 2. The van der Waals surface area contributed by atoms with Gasteiger partial charge < -0.3 is 18.9 Å². The Balaban J connectivity index is 1.70. The second-order valence-corrected chi connectivity index (χ2v) is 6.94. The number of para-hydroxylation sites is 1. The lowest BCUT2D eigenvalue weighted by molar-refractivity contribution is -0.142. The van der Waals surface area contributed by atoms with Gasteiger partial charge >= 0.3 is 11.9 Å². The predicted octanol–water partition coefficient (Wildman–Crippen LogP) is 3.25. The Bertz CT molecular complexity index is 948. The summed E-state index contributed by atoms with van der Waals surface area (Å²) in [5.41, 5.74) is 0.605. The van der Waals surface area contributed by atoms with E-state index in [9.17, 15) is 14.4 Å². The van der Waals surface area contributed by atoms with Gasteiger partial charge in [-0.15, -0.1) is 0 Å². The average molecular weight is 448 g/mol. The van der Waals surface area contributed by atoms with Gasteiger partial charge in [0, 0.05) is 12.1 Å². The van der Waals surface area contributed by atoms with Crippen LogP contribution in [0.1, 0.15) is 23.7 Å². The molecule has 0 aliphatic carbocycles. The number of benzene rings is 2. The van der Waals surface area contributed by atoms with Crippen molar-refractivity contribution in [2.45, 2.75) is 13.3 Å². The zero-order valence-electron chi connectivity index (χ0n) is 17.0. The predicted molar refractivity (Wildman–Crippen MR) is 113 cm³/mol. The third-order valence-corrected chi connectivity index (χ3v) is 4.61. The number of amides is 1. The molecule has 0 saturated carbocycles. The van der Waals surface area contributed by atoms with Gasteiger partial charge in [0.15, 0.2) is 18.1 Å². The van der Waals surface area contributed by atoms with Crippen LogP contribution in [0.5, 0.6) is 11.5 Å². The molecule has 1 aliphatic heterocycles. The van der Waals surface area contributed by atoms with Crippen LogP contribution in [0.3, 0.4) is 0 Å². The Morgan fingerprint density at radius 1 is 1.06 bits per heavy atom. The van der Waals surface area contributed by atoms with Crippen molar-refractivity contribution >= 4 is 35.1 Å². The zero-order chi connectivity index (χ0) is 22.2. The monoisotopic (exact) mass is 447 g/mol. The first-order valence-corrected chi connectivity index (χ1v) is 10.1. The number of hydrogen-bond acceptors (Lipinski definition) is 7. The number of ether oxygens (including phenoxy) is 4. The molecule has 1 heterocycles. The Morgan fingerprint density at radius 3 is 2.55 bits per heavy atom. The number of nitrogens with zero attached hydrogens (tertiary/aromatic N) is 1. The molecular weight excluding hydrogens is 426 g/mol. The lowest BCUT2D eigenvalue weighted by Crippen LogP contribution is -2.39. The lowest BCUT2D eigenvalue weighted by atomic mass is 10.2. The molecule has 0 atom stereocenters. The van der Waals surface area contributed by atoms with Gasteiger partial charge in [0.25, 0.3) is 5.91 Å². The number of halogens is 1. The number of anilines is 1. The van der Waals surface area contributed by atoms with Gasteiger partial charge in [-0.25, -0.2) is 4.79 Å².